The summed E-state index contributed by atoms with van der Waals surface area (Å²) in [5, 5.41) is 22.7. The molecule has 1 amide bonds. The summed E-state index contributed by atoms with van der Waals surface area (Å²) < 4.78 is 0. The van der Waals surface area contributed by atoms with E-state index in [1.165, 1.54) is 0 Å². The summed E-state index contributed by atoms with van der Waals surface area (Å²) in [6.07, 6.45) is 0.753. The average Bonchev–Trinajstić information content (AvgIpc) is 2.17. The van der Waals surface area contributed by atoms with Crippen molar-refractivity contribution in [3.8, 4) is 6.07 Å². The van der Waals surface area contributed by atoms with Crippen molar-refractivity contribution < 1.29 is 9.90 Å². The van der Waals surface area contributed by atoms with Crippen LogP contribution in [0.5, 0.6) is 0 Å². The van der Waals surface area contributed by atoms with E-state index in [2.05, 4.69) is 10.6 Å². The van der Waals surface area contributed by atoms with Gasteiger partial charge in [0.05, 0.1) is 12.5 Å². The molecule has 5 heteroatoms. The number of hydrogen-bond donors (Lipinski definition) is 3. The van der Waals surface area contributed by atoms with Crippen molar-refractivity contribution >= 4 is 5.91 Å². The minimum absolute atomic E-state index is 0.0896. The van der Waals surface area contributed by atoms with Gasteiger partial charge in [-0.25, -0.2) is 0 Å². The third-order valence-electron chi connectivity index (χ3n) is 1.64. The van der Waals surface area contributed by atoms with E-state index in [1.54, 1.807) is 0 Å². The number of aliphatic hydroxyl groups is 1. The van der Waals surface area contributed by atoms with Crippen molar-refractivity contribution in [1.82, 2.24) is 10.6 Å². The first kappa shape index (κ1) is 12.9. The highest BCUT2D eigenvalue weighted by atomic mass is 16.3. The molecule has 0 fully saturated rings. The normalized spacial score (nSPS) is 11.8. The maximum absolute atomic E-state index is 11.1. The predicted octanol–water partition coefficient (Wildman–Crippen LogP) is -0.623. The van der Waals surface area contributed by atoms with E-state index in [4.69, 9.17) is 10.4 Å². The summed E-state index contributed by atoms with van der Waals surface area (Å²) >= 11 is 0. The van der Waals surface area contributed by atoms with E-state index in [9.17, 15) is 4.79 Å². The Morgan fingerprint density at radius 2 is 2.36 bits per heavy atom. The number of aliphatic hydroxyl groups excluding tert-OH is 1. The zero-order valence-corrected chi connectivity index (χ0v) is 8.42. The first-order valence-corrected chi connectivity index (χ1v) is 4.75. The summed E-state index contributed by atoms with van der Waals surface area (Å²) in [6.45, 7) is 3.05. The zero-order chi connectivity index (χ0) is 10.8. The topological polar surface area (TPSA) is 85.2 Å². The van der Waals surface area contributed by atoms with Crippen LogP contribution in [0.1, 0.15) is 19.8 Å². The van der Waals surface area contributed by atoms with Crippen LogP contribution in [-0.4, -0.2) is 36.8 Å². The molecule has 0 aliphatic rings. The van der Waals surface area contributed by atoms with Crippen LogP contribution in [0.15, 0.2) is 0 Å². The Bertz CT molecular complexity index is 201. The molecule has 0 heterocycles. The number of hydrogen-bond acceptors (Lipinski definition) is 4. The first-order valence-electron chi connectivity index (χ1n) is 4.75. The van der Waals surface area contributed by atoms with E-state index < -0.39 is 6.04 Å². The molecule has 3 N–H and O–H groups in total. The molecule has 5 nitrogen and oxygen atoms in total. The van der Waals surface area contributed by atoms with Gasteiger partial charge in [0.2, 0.25) is 5.91 Å². The largest absolute Gasteiger partial charge is 0.396 e. The van der Waals surface area contributed by atoms with E-state index in [0.717, 1.165) is 0 Å². The van der Waals surface area contributed by atoms with Crippen molar-refractivity contribution in [2.45, 2.75) is 25.8 Å². The fraction of sp³-hybridized carbons (Fsp3) is 0.778. The molecule has 0 saturated carbocycles. The lowest BCUT2D eigenvalue weighted by molar-refractivity contribution is -0.121. The fourth-order valence-electron chi connectivity index (χ4n) is 0.974. The molecular formula is C9H17N3O2. The van der Waals surface area contributed by atoms with Crippen LogP contribution in [0, 0.1) is 11.3 Å². The van der Waals surface area contributed by atoms with Gasteiger partial charge in [0, 0.05) is 13.2 Å². The number of carbonyl (C=O) groups is 1. The Kier molecular flexibility index (Phi) is 7.80. The lowest BCUT2D eigenvalue weighted by atomic mass is 10.2. The molecule has 0 spiro atoms. The van der Waals surface area contributed by atoms with Crippen LogP contribution in [0.2, 0.25) is 0 Å². The highest BCUT2D eigenvalue weighted by Gasteiger charge is 2.10. The summed E-state index contributed by atoms with van der Waals surface area (Å²) in [5.41, 5.74) is 0. The van der Waals surface area contributed by atoms with Crippen LogP contribution in [-0.2, 0) is 4.79 Å². The van der Waals surface area contributed by atoms with Gasteiger partial charge in [-0.05, 0) is 19.9 Å². The zero-order valence-electron chi connectivity index (χ0n) is 8.42. The SMILES string of the molecule is CCNC(=O)CC(C#N)NCCCO. The highest BCUT2D eigenvalue weighted by molar-refractivity contribution is 5.76. The van der Waals surface area contributed by atoms with Crippen LogP contribution in [0.4, 0.5) is 0 Å². The van der Waals surface area contributed by atoms with E-state index >= 15 is 0 Å². The second-order valence-corrected chi connectivity index (χ2v) is 2.87. The van der Waals surface area contributed by atoms with Crippen molar-refractivity contribution in [2.24, 2.45) is 0 Å². The van der Waals surface area contributed by atoms with Gasteiger partial charge in [0.15, 0.2) is 0 Å². The Morgan fingerprint density at radius 3 is 2.86 bits per heavy atom. The Morgan fingerprint density at radius 1 is 1.64 bits per heavy atom. The fourth-order valence-corrected chi connectivity index (χ4v) is 0.974. The van der Waals surface area contributed by atoms with Gasteiger partial charge in [0.25, 0.3) is 0 Å². The minimum Gasteiger partial charge on any atom is -0.396 e. The summed E-state index contributed by atoms with van der Waals surface area (Å²) in [4.78, 5) is 11.1. The Labute approximate surface area is 84.1 Å². The number of nitrogens with one attached hydrogen (secondary N) is 2. The van der Waals surface area contributed by atoms with Gasteiger partial charge in [0.1, 0.15) is 6.04 Å². The number of nitriles is 1. The van der Waals surface area contributed by atoms with Crippen LogP contribution < -0.4 is 10.6 Å². The average molecular weight is 199 g/mol. The lowest BCUT2D eigenvalue weighted by Gasteiger charge is -2.10. The third-order valence-corrected chi connectivity index (χ3v) is 1.64. The number of nitrogens with zero attached hydrogens (tertiary/aromatic N) is 1. The van der Waals surface area contributed by atoms with Crippen molar-refractivity contribution in [3.05, 3.63) is 0 Å². The molecule has 0 aliphatic carbocycles. The second kappa shape index (κ2) is 8.48. The van der Waals surface area contributed by atoms with Gasteiger partial charge >= 0.3 is 0 Å². The maximum Gasteiger partial charge on any atom is 0.222 e. The Balaban J connectivity index is 3.68. The molecule has 0 bridgehead atoms. The molecule has 14 heavy (non-hydrogen) atoms. The van der Waals surface area contributed by atoms with Crippen molar-refractivity contribution in [1.29, 1.82) is 5.26 Å². The van der Waals surface area contributed by atoms with E-state index in [-0.39, 0.29) is 18.9 Å². The van der Waals surface area contributed by atoms with Gasteiger partial charge < -0.3 is 15.7 Å². The molecule has 0 rings (SSSR count). The molecule has 0 aliphatic heterocycles. The molecule has 0 aromatic heterocycles. The smallest absolute Gasteiger partial charge is 0.222 e. The standard InChI is InChI=1S/C9H17N3O2/c1-2-11-9(14)6-8(7-10)12-4-3-5-13/h8,12-13H,2-6H2,1H3,(H,11,14). The molecule has 1 atom stereocenters. The molecule has 0 radical (unpaired) electrons. The molecule has 0 aromatic carbocycles. The quantitative estimate of drug-likeness (QED) is 0.477. The van der Waals surface area contributed by atoms with Gasteiger partial charge in [-0.15, -0.1) is 0 Å². The van der Waals surface area contributed by atoms with E-state index in [1.807, 2.05) is 13.0 Å². The monoisotopic (exact) mass is 199 g/mol. The highest BCUT2D eigenvalue weighted by Crippen LogP contribution is 1.90. The number of carbonyl (C=O) groups excluding carboxylic acids is 1. The lowest BCUT2D eigenvalue weighted by Crippen LogP contribution is -2.35. The van der Waals surface area contributed by atoms with Crippen LogP contribution in [0.25, 0.3) is 0 Å². The molecule has 0 aromatic rings. The number of amides is 1. The molecule has 0 saturated heterocycles. The molecular weight excluding hydrogens is 182 g/mol. The van der Waals surface area contributed by atoms with Gasteiger partial charge in [-0.1, -0.05) is 0 Å². The summed E-state index contributed by atoms with van der Waals surface area (Å²) in [6, 6.07) is 1.53. The van der Waals surface area contributed by atoms with Gasteiger partial charge in [-0.3, -0.25) is 4.79 Å². The van der Waals surface area contributed by atoms with Crippen molar-refractivity contribution in [2.75, 3.05) is 19.7 Å². The van der Waals surface area contributed by atoms with Crippen LogP contribution >= 0.6 is 0 Å². The summed E-state index contributed by atoms with van der Waals surface area (Å²) in [7, 11) is 0. The molecule has 1 unspecified atom stereocenters. The maximum atomic E-state index is 11.1. The number of rotatable bonds is 7. The third kappa shape index (κ3) is 6.40. The summed E-state index contributed by atoms with van der Waals surface area (Å²) in [5.74, 6) is -0.129. The van der Waals surface area contributed by atoms with Gasteiger partial charge in [-0.2, -0.15) is 5.26 Å². The second-order valence-electron chi connectivity index (χ2n) is 2.87. The minimum atomic E-state index is -0.465. The first-order chi connectivity index (χ1) is 6.74. The Hall–Kier alpha value is -1.12. The van der Waals surface area contributed by atoms with Crippen LogP contribution in [0.3, 0.4) is 0 Å². The van der Waals surface area contributed by atoms with Crippen molar-refractivity contribution in [3.63, 3.8) is 0 Å². The predicted molar refractivity (Wildman–Crippen MR) is 52.4 cm³/mol. The molecule has 80 valence electrons. The van der Waals surface area contributed by atoms with E-state index in [0.29, 0.717) is 19.5 Å².